The van der Waals surface area contributed by atoms with Gasteiger partial charge in [-0.05, 0) is 25.3 Å². The van der Waals surface area contributed by atoms with Crippen LogP contribution in [-0.2, 0) is 0 Å². The molecule has 0 bridgehead atoms. The lowest BCUT2D eigenvalue weighted by atomic mass is 10.1. The highest BCUT2D eigenvalue weighted by molar-refractivity contribution is 5.85. The van der Waals surface area contributed by atoms with Gasteiger partial charge in [0, 0.05) is 19.7 Å². The lowest BCUT2D eigenvalue weighted by Crippen LogP contribution is -2.24. The van der Waals surface area contributed by atoms with Crippen molar-refractivity contribution in [2.45, 2.75) is 25.8 Å². The fourth-order valence-electron chi connectivity index (χ4n) is 2.09. The smallest absolute Gasteiger partial charge is 0.318 e. The largest absolute Gasteiger partial charge is 0.406 e. The molecule has 122 valence electrons. The Bertz CT molecular complexity index is 535. The Hall–Kier alpha value is -1.63. The van der Waals surface area contributed by atoms with E-state index in [1.165, 1.54) is 0 Å². The summed E-state index contributed by atoms with van der Waals surface area (Å²) in [5, 5.41) is 17.0. The predicted molar refractivity (Wildman–Crippen MR) is 88.2 cm³/mol. The van der Waals surface area contributed by atoms with Gasteiger partial charge in [-0.2, -0.15) is 0 Å². The van der Waals surface area contributed by atoms with Crippen molar-refractivity contribution in [3.05, 3.63) is 41.8 Å². The summed E-state index contributed by atoms with van der Waals surface area (Å²) < 4.78 is 5.70. The summed E-state index contributed by atoms with van der Waals surface area (Å²) in [6, 6.07) is 9.75. The van der Waals surface area contributed by atoms with Crippen molar-refractivity contribution >= 4 is 18.4 Å². The fourth-order valence-corrected chi connectivity index (χ4v) is 2.09. The zero-order valence-electron chi connectivity index (χ0n) is 12.7. The molecule has 2 rings (SSSR count). The van der Waals surface area contributed by atoms with Crippen molar-refractivity contribution in [1.82, 2.24) is 10.2 Å². The number of benzene rings is 1. The Balaban J connectivity index is 0.00000242. The van der Waals surface area contributed by atoms with Crippen LogP contribution in [0.4, 0.5) is 6.01 Å². The molecule has 1 aromatic carbocycles. The van der Waals surface area contributed by atoms with E-state index in [1.54, 1.807) is 0 Å². The Kier molecular flexibility index (Phi) is 7.87. The molecule has 0 aliphatic rings. The van der Waals surface area contributed by atoms with Gasteiger partial charge in [0.1, 0.15) is 6.04 Å². The van der Waals surface area contributed by atoms with Crippen molar-refractivity contribution in [3.8, 4) is 0 Å². The lowest BCUT2D eigenvalue weighted by molar-refractivity contribution is 0.284. The third kappa shape index (κ3) is 4.69. The highest BCUT2D eigenvalue weighted by Crippen LogP contribution is 2.21. The maximum absolute atomic E-state index is 8.84. The van der Waals surface area contributed by atoms with Crippen LogP contribution in [0.3, 0.4) is 0 Å². The minimum atomic E-state index is -0.413. The lowest BCUT2D eigenvalue weighted by Gasteiger charge is -2.17. The van der Waals surface area contributed by atoms with E-state index in [-0.39, 0.29) is 19.0 Å². The molecule has 2 aromatic rings. The van der Waals surface area contributed by atoms with E-state index in [4.69, 9.17) is 15.3 Å². The average molecular weight is 327 g/mol. The maximum Gasteiger partial charge on any atom is 0.318 e. The molecule has 22 heavy (non-hydrogen) atoms. The molecule has 0 saturated heterocycles. The molecule has 0 amide bonds. The van der Waals surface area contributed by atoms with Gasteiger partial charge in [-0.15, -0.1) is 17.5 Å². The van der Waals surface area contributed by atoms with Gasteiger partial charge in [-0.1, -0.05) is 35.4 Å². The Morgan fingerprint density at radius 1 is 1.23 bits per heavy atom. The molecule has 0 saturated carbocycles. The van der Waals surface area contributed by atoms with Crippen LogP contribution in [0.2, 0.25) is 0 Å². The molecular formula is C15H23ClN4O2. The molecule has 1 aromatic heterocycles. The van der Waals surface area contributed by atoms with Gasteiger partial charge in [0.2, 0.25) is 5.89 Å². The number of nitrogens with zero attached hydrogens (tertiary/aromatic N) is 3. The molecule has 0 unspecified atom stereocenters. The summed E-state index contributed by atoms with van der Waals surface area (Å²) in [4.78, 5) is 1.99. The molecule has 3 N–H and O–H groups in total. The molecule has 0 spiro atoms. The summed E-state index contributed by atoms with van der Waals surface area (Å²) in [6.07, 6.45) is 1.65. The number of aromatic nitrogens is 2. The van der Waals surface area contributed by atoms with Crippen molar-refractivity contribution < 1.29 is 9.52 Å². The van der Waals surface area contributed by atoms with E-state index in [9.17, 15) is 0 Å². The molecular weight excluding hydrogens is 304 g/mol. The van der Waals surface area contributed by atoms with Crippen molar-refractivity contribution in [3.63, 3.8) is 0 Å². The van der Waals surface area contributed by atoms with Crippen molar-refractivity contribution in [1.29, 1.82) is 0 Å². The topological polar surface area (TPSA) is 88.4 Å². The third-order valence-electron chi connectivity index (χ3n) is 3.34. The number of nitrogens with two attached hydrogens (primary N) is 1. The zero-order chi connectivity index (χ0) is 15.1. The third-order valence-corrected chi connectivity index (χ3v) is 3.34. The van der Waals surface area contributed by atoms with E-state index < -0.39 is 6.04 Å². The number of aliphatic hydroxyl groups is 1. The zero-order valence-corrected chi connectivity index (χ0v) is 13.5. The normalized spacial score (nSPS) is 11.8. The summed E-state index contributed by atoms with van der Waals surface area (Å²) in [5.41, 5.74) is 7.09. The SMILES string of the molecule is CCN(CCCCO)c1nnc([C@H](N)c2ccccc2)o1.Cl. The van der Waals surface area contributed by atoms with E-state index >= 15 is 0 Å². The van der Waals surface area contributed by atoms with Crippen LogP contribution in [0.1, 0.15) is 37.3 Å². The summed E-state index contributed by atoms with van der Waals surface area (Å²) in [5.74, 6) is 0.414. The van der Waals surface area contributed by atoms with E-state index in [0.717, 1.165) is 31.5 Å². The van der Waals surface area contributed by atoms with Crippen LogP contribution in [0.15, 0.2) is 34.7 Å². The molecule has 7 heteroatoms. The van der Waals surface area contributed by atoms with Crippen molar-refractivity contribution in [2.24, 2.45) is 5.73 Å². The number of unbranched alkanes of at least 4 members (excludes halogenated alkanes) is 1. The van der Waals surface area contributed by atoms with Crippen LogP contribution in [0.25, 0.3) is 0 Å². The number of anilines is 1. The van der Waals surface area contributed by atoms with E-state index in [1.807, 2.05) is 42.2 Å². The van der Waals surface area contributed by atoms with Gasteiger partial charge in [0.05, 0.1) is 0 Å². The Morgan fingerprint density at radius 2 is 1.95 bits per heavy atom. The number of rotatable bonds is 8. The highest BCUT2D eigenvalue weighted by Gasteiger charge is 2.18. The van der Waals surface area contributed by atoms with Crippen LogP contribution in [0, 0.1) is 0 Å². The van der Waals surface area contributed by atoms with Gasteiger partial charge >= 0.3 is 6.01 Å². The van der Waals surface area contributed by atoms with Crippen LogP contribution < -0.4 is 10.6 Å². The minimum absolute atomic E-state index is 0. The van der Waals surface area contributed by atoms with Gasteiger partial charge in [0.15, 0.2) is 0 Å². The molecule has 1 atom stereocenters. The second-order valence-electron chi connectivity index (χ2n) is 4.82. The number of halogens is 1. The Labute approximate surface area is 136 Å². The highest BCUT2D eigenvalue weighted by atomic mass is 35.5. The molecule has 0 radical (unpaired) electrons. The first-order valence-corrected chi connectivity index (χ1v) is 7.26. The van der Waals surface area contributed by atoms with Crippen LogP contribution in [0.5, 0.6) is 0 Å². The van der Waals surface area contributed by atoms with Crippen LogP contribution in [-0.4, -0.2) is 35.0 Å². The molecule has 6 nitrogen and oxygen atoms in total. The predicted octanol–water partition coefficient (Wildman–Crippen LogP) is 2.14. The van der Waals surface area contributed by atoms with Crippen LogP contribution >= 0.6 is 12.4 Å². The van der Waals surface area contributed by atoms with Gasteiger partial charge in [-0.25, -0.2) is 0 Å². The molecule has 1 heterocycles. The maximum atomic E-state index is 8.84. The summed E-state index contributed by atoms with van der Waals surface area (Å²) in [7, 11) is 0. The van der Waals surface area contributed by atoms with Gasteiger partial charge in [0.25, 0.3) is 0 Å². The van der Waals surface area contributed by atoms with E-state index in [2.05, 4.69) is 10.2 Å². The first kappa shape index (κ1) is 18.4. The fraction of sp³-hybridized carbons (Fsp3) is 0.467. The summed E-state index contributed by atoms with van der Waals surface area (Å²) >= 11 is 0. The first-order chi connectivity index (χ1) is 10.3. The first-order valence-electron chi connectivity index (χ1n) is 7.26. The molecule has 0 aliphatic carbocycles. The second kappa shape index (κ2) is 9.40. The van der Waals surface area contributed by atoms with Gasteiger partial charge in [-0.3, -0.25) is 0 Å². The minimum Gasteiger partial charge on any atom is -0.406 e. The number of aliphatic hydroxyl groups excluding tert-OH is 1. The monoisotopic (exact) mass is 326 g/mol. The molecule has 0 fully saturated rings. The second-order valence-corrected chi connectivity index (χ2v) is 4.82. The standard InChI is InChI=1S/C15H22N4O2.ClH/c1-2-19(10-6-7-11-20)15-18-17-14(21-15)13(16)12-8-4-3-5-9-12;/h3-5,8-9,13,20H,2,6-7,10-11,16H2,1H3;1H/t13-;/m1./s1. The quantitative estimate of drug-likeness (QED) is 0.722. The van der Waals surface area contributed by atoms with Crippen molar-refractivity contribution in [2.75, 3.05) is 24.6 Å². The summed E-state index contributed by atoms with van der Waals surface area (Å²) in [6.45, 7) is 3.78. The number of hydrogen-bond acceptors (Lipinski definition) is 6. The van der Waals surface area contributed by atoms with E-state index in [0.29, 0.717) is 11.9 Å². The van der Waals surface area contributed by atoms with Gasteiger partial charge < -0.3 is 20.2 Å². The number of hydrogen-bond donors (Lipinski definition) is 2. The molecule has 0 aliphatic heterocycles. The Morgan fingerprint density at radius 3 is 2.59 bits per heavy atom. The average Bonchev–Trinajstić information content (AvgIpc) is 3.01.